The summed E-state index contributed by atoms with van der Waals surface area (Å²) in [7, 11) is 0. The van der Waals surface area contributed by atoms with Crippen molar-refractivity contribution in [2.45, 2.75) is 45.2 Å². The molecule has 0 bridgehead atoms. The molecule has 2 heterocycles. The number of anilines is 1. The molecule has 2 aromatic carbocycles. The maximum absolute atomic E-state index is 12.4. The predicted molar refractivity (Wildman–Crippen MR) is 144 cm³/mol. The van der Waals surface area contributed by atoms with Gasteiger partial charge in [0.25, 0.3) is 0 Å². The Kier molecular flexibility index (Phi) is 8.89. The molecular formula is C26H30Cl2N4O2S. The number of benzene rings is 2. The molecule has 0 spiro atoms. The zero-order valence-electron chi connectivity index (χ0n) is 19.7. The van der Waals surface area contributed by atoms with Crippen molar-refractivity contribution >= 4 is 45.6 Å². The van der Waals surface area contributed by atoms with Crippen LogP contribution in [0.25, 0.3) is 11.3 Å². The maximum Gasteiger partial charge on any atom is 0.220 e. The van der Waals surface area contributed by atoms with E-state index >= 15 is 0 Å². The first kappa shape index (κ1) is 25.8. The number of aryl methyl sites for hydroxylation is 1. The van der Waals surface area contributed by atoms with Gasteiger partial charge in [-0.3, -0.25) is 9.69 Å². The average Bonchev–Trinajstić information content (AvgIpc) is 3.18. The number of nitrogens with one attached hydrogen (secondary N) is 1. The van der Waals surface area contributed by atoms with Crippen molar-refractivity contribution in [3.63, 3.8) is 0 Å². The van der Waals surface area contributed by atoms with E-state index < -0.39 is 0 Å². The number of hydrogen-bond acceptors (Lipinski definition) is 6. The second-order valence-corrected chi connectivity index (χ2v) is 10.8. The lowest BCUT2D eigenvalue weighted by Crippen LogP contribution is -2.44. The van der Waals surface area contributed by atoms with Crippen molar-refractivity contribution in [3.05, 3.63) is 63.0 Å². The van der Waals surface area contributed by atoms with Crippen LogP contribution in [0.4, 0.5) is 5.13 Å². The van der Waals surface area contributed by atoms with Crippen molar-refractivity contribution in [1.82, 2.24) is 15.2 Å². The third kappa shape index (κ3) is 7.34. The Morgan fingerprint density at radius 2 is 1.91 bits per heavy atom. The Morgan fingerprint density at radius 3 is 2.57 bits per heavy atom. The van der Waals surface area contributed by atoms with Gasteiger partial charge < -0.3 is 15.8 Å². The number of piperidine rings is 1. The Bertz CT molecular complexity index is 1140. The van der Waals surface area contributed by atoms with E-state index in [2.05, 4.69) is 15.2 Å². The van der Waals surface area contributed by atoms with Crippen LogP contribution in [0.15, 0.2) is 42.5 Å². The van der Waals surface area contributed by atoms with Crippen molar-refractivity contribution in [2.75, 3.05) is 25.4 Å². The third-order valence-corrected chi connectivity index (χ3v) is 7.64. The molecule has 35 heavy (non-hydrogen) atoms. The standard InChI is InChI=1S/C26H30Cl2N4O2S/c1-17-25(31-26(29)35-17)19-5-7-21(8-6-19)34-14-2-3-24(33)30-20-10-12-32(13-11-20)16-18-4-9-22(27)23(28)15-18/h4-9,15,20H,2-3,10-14,16H2,1H3,(H2,29,31)(H,30,33). The molecule has 0 aliphatic carbocycles. The number of nitrogens with zero attached hydrogens (tertiary/aromatic N) is 2. The minimum atomic E-state index is 0.0866. The molecule has 1 aliphatic heterocycles. The fourth-order valence-corrected chi connectivity index (χ4v) is 5.28. The number of thiazole rings is 1. The third-order valence-electron chi connectivity index (χ3n) is 6.10. The molecule has 1 amide bonds. The van der Waals surface area contributed by atoms with Crippen LogP contribution >= 0.6 is 34.5 Å². The molecule has 6 nitrogen and oxygen atoms in total. The van der Waals surface area contributed by atoms with Crippen LogP contribution in [0.3, 0.4) is 0 Å². The largest absolute Gasteiger partial charge is 0.494 e. The summed E-state index contributed by atoms with van der Waals surface area (Å²) in [6.07, 6.45) is 3.02. The minimum Gasteiger partial charge on any atom is -0.494 e. The zero-order valence-corrected chi connectivity index (χ0v) is 22.1. The van der Waals surface area contributed by atoms with Crippen molar-refractivity contribution < 1.29 is 9.53 Å². The normalized spacial score (nSPS) is 14.7. The van der Waals surface area contributed by atoms with Crippen LogP contribution in [0.5, 0.6) is 5.75 Å². The number of carbonyl (C=O) groups excluding carboxylic acids is 1. The van der Waals surface area contributed by atoms with E-state index in [9.17, 15) is 4.79 Å². The van der Waals surface area contributed by atoms with Crippen LogP contribution in [0.1, 0.15) is 36.1 Å². The summed E-state index contributed by atoms with van der Waals surface area (Å²) in [6, 6.07) is 13.8. The van der Waals surface area contributed by atoms with Gasteiger partial charge in [0.15, 0.2) is 5.13 Å². The van der Waals surface area contributed by atoms with Gasteiger partial charge in [0.05, 0.1) is 22.3 Å². The maximum atomic E-state index is 12.4. The second-order valence-electron chi connectivity index (χ2n) is 8.80. The molecule has 1 saturated heterocycles. The summed E-state index contributed by atoms with van der Waals surface area (Å²) in [5, 5.41) is 4.91. The zero-order chi connectivity index (χ0) is 24.8. The van der Waals surface area contributed by atoms with Gasteiger partial charge in [0.2, 0.25) is 5.91 Å². The number of nitrogen functional groups attached to an aromatic ring is 1. The van der Waals surface area contributed by atoms with Gasteiger partial charge in [0.1, 0.15) is 5.75 Å². The lowest BCUT2D eigenvalue weighted by molar-refractivity contribution is -0.122. The van der Waals surface area contributed by atoms with Crippen molar-refractivity contribution in [2.24, 2.45) is 0 Å². The number of amides is 1. The first-order valence-corrected chi connectivity index (χ1v) is 13.4. The van der Waals surface area contributed by atoms with Crippen molar-refractivity contribution in [1.29, 1.82) is 0 Å². The highest BCUT2D eigenvalue weighted by atomic mass is 35.5. The first-order valence-electron chi connectivity index (χ1n) is 11.8. The lowest BCUT2D eigenvalue weighted by Gasteiger charge is -2.32. The summed E-state index contributed by atoms with van der Waals surface area (Å²) in [4.78, 5) is 20.2. The first-order chi connectivity index (χ1) is 16.9. The van der Waals surface area contributed by atoms with Gasteiger partial charge >= 0.3 is 0 Å². The van der Waals surface area contributed by atoms with Crippen LogP contribution in [-0.4, -0.2) is 41.5 Å². The molecule has 0 atom stereocenters. The number of halogens is 2. The lowest BCUT2D eigenvalue weighted by atomic mass is 10.0. The summed E-state index contributed by atoms with van der Waals surface area (Å²) in [6.45, 7) is 5.24. The highest BCUT2D eigenvalue weighted by molar-refractivity contribution is 7.15. The van der Waals surface area contributed by atoms with Gasteiger partial charge in [-0.05, 0) is 68.1 Å². The van der Waals surface area contributed by atoms with Gasteiger partial charge in [-0.1, -0.05) is 29.3 Å². The molecule has 4 rings (SSSR count). The van der Waals surface area contributed by atoms with Gasteiger partial charge in [-0.2, -0.15) is 0 Å². The number of hydrogen-bond donors (Lipinski definition) is 2. The summed E-state index contributed by atoms with van der Waals surface area (Å²) in [5.41, 5.74) is 8.88. The Morgan fingerprint density at radius 1 is 1.17 bits per heavy atom. The van der Waals surface area contributed by atoms with Crippen LogP contribution in [0.2, 0.25) is 10.0 Å². The molecule has 3 N–H and O–H groups in total. The van der Waals surface area contributed by atoms with Gasteiger partial charge in [0, 0.05) is 42.5 Å². The predicted octanol–water partition coefficient (Wildman–Crippen LogP) is 5.95. The number of likely N-dealkylation sites (tertiary alicyclic amines) is 1. The van der Waals surface area contributed by atoms with E-state index in [0.29, 0.717) is 34.6 Å². The topological polar surface area (TPSA) is 80.5 Å². The monoisotopic (exact) mass is 532 g/mol. The summed E-state index contributed by atoms with van der Waals surface area (Å²) >= 11 is 13.6. The highest BCUT2D eigenvalue weighted by Crippen LogP contribution is 2.30. The number of ether oxygens (including phenoxy) is 1. The van der Waals surface area contributed by atoms with Crippen LogP contribution in [-0.2, 0) is 11.3 Å². The summed E-state index contributed by atoms with van der Waals surface area (Å²) in [5.74, 6) is 0.868. The number of nitrogens with two attached hydrogens (primary N) is 1. The molecule has 9 heteroatoms. The quantitative estimate of drug-likeness (QED) is 0.333. The Labute approximate surface area is 220 Å². The molecule has 1 fully saturated rings. The summed E-state index contributed by atoms with van der Waals surface area (Å²) < 4.78 is 5.81. The van der Waals surface area contributed by atoms with E-state index in [1.54, 1.807) is 0 Å². The fourth-order valence-electron chi connectivity index (χ4n) is 4.25. The van der Waals surface area contributed by atoms with E-state index in [4.69, 9.17) is 33.7 Å². The van der Waals surface area contributed by atoms with Crippen LogP contribution in [0, 0.1) is 6.92 Å². The molecule has 1 aliphatic rings. The SMILES string of the molecule is Cc1sc(N)nc1-c1ccc(OCCCC(=O)NC2CCN(Cc3ccc(Cl)c(Cl)c3)CC2)cc1. The molecule has 3 aromatic rings. The van der Waals surface area contributed by atoms with E-state index in [1.807, 2.05) is 49.4 Å². The highest BCUT2D eigenvalue weighted by Gasteiger charge is 2.20. The number of aromatic nitrogens is 1. The molecule has 0 saturated carbocycles. The van der Waals surface area contributed by atoms with E-state index in [0.717, 1.165) is 59.9 Å². The Balaban J connectivity index is 1.12. The smallest absolute Gasteiger partial charge is 0.220 e. The fraction of sp³-hybridized carbons (Fsp3) is 0.385. The number of rotatable bonds is 9. The number of carbonyl (C=O) groups is 1. The molecule has 186 valence electrons. The molecule has 0 unspecified atom stereocenters. The minimum absolute atomic E-state index is 0.0866. The van der Waals surface area contributed by atoms with Crippen molar-refractivity contribution in [3.8, 4) is 17.0 Å². The second kappa shape index (κ2) is 12.1. The molecule has 1 aromatic heterocycles. The van der Waals surface area contributed by atoms with Gasteiger partial charge in [-0.25, -0.2) is 4.98 Å². The van der Waals surface area contributed by atoms with E-state index in [-0.39, 0.29) is 11.9 Å². The Hall–Kier alpha value is -2.32. The average molecular weight is 534 g/mol. The van der Waals surface area contributed by atoms with Gasteiger partial charge in [-0.15, -0.1) is 11.3 Å². The van der Waals surface area contributed by atoms with Crippen LogP contribution < -0.4 is 15.8 Å². The molecular weight excluding hydrogens is 503 g/mol. The van der Waals surface area contributed by atoms with E-state index in [1.165, 1.54) is 11.3 Å². The molecule has 0 radical (unpaired) electrons.